The van der Waals surface area contributed by atoms with E-state index in [0.29, 0.717) is 29.6 Å². The molecule has 0 aliphatic heterocycles. The lowest BCUT2D eigenvalue weighted by Crippen LogP contribution is -2.20. The second kappa shape index (κ2) is 6.39. The Morgan fingerprint density at radius 3 is 2.71 bits per heavy atom. The van der Waals surface area contributed by atoms with Gasteiger partial charge in [0.15, 0.2) is 5.82 Å². The lowest BCUT2D eigenvalue weighted by molar-refractivity contribution is 0.234. The number of anilines is 3. The third kappa shape index (κ3) is 3.39. The smallest absolute Gasteiger partial charge is 0.242 e. The molecule has 2 aromatic rings. The van der Waals surface area contributed by atoms with E-state index in [0.717, 1.165) is 0 Å². The Hall–Kier alpha value is -2.37. The van der Waals surface area contributed by atoms with Crippen LogP contribution in [0.5, 0.6) is 5.88 Å². The molecule has 0 radical (unpaired) electrons. The van der Waals surface area contributed by atoms with Crippen LogP contribution in [0.2, 0.25) is 0 Å². The zero-order valence-corrected chi connectivity index (χ0v) is 12.4. The summed E-state index contributed by atoms with van der Waals surface area (Å²) >= 11 is 0. The highest BCUT2D eigenvalue weighted by molar-refractivity contribution is 5.74. The molecule has 0 spiro atoms. The molecule has 0 atom stereocenters. The first-order valence-electron chi connectivity index (χ1n) is 6.83. The zero-order chi connectivity index (χ0) is 15.4. The van der Waals surface area contributed by atoms with Crippen molar-refractivity contribution in [2.24, 2.45) is 0 Å². The fourth-order valence-electron chi connectivity index (χ4n) is 2.00. The number of nitrogens with zero attached hydrogens (tertiary/aromatic N) is 3. The molecule has 0 amide bonds. The third-order valence-corrected chi connectivity index (χ3v) is 2.87. The molecular formula is C15H19FN4O. The van der Waals surface area contributed by atoms with Gasteiger partial charge in [-0.1, -0.05) is 6.07 Å². The summed E-state index contributed by atoms with van der Waals surface area (Å²) in [5, 5.41) is 0. The first kappa shape index (κ1) is 15.0. The van der Waals surface area contributed by atoms with Gasteiger partial charge in [0.25, 0.3) is 0 Å². The number of aromatic nitrogens is 2. The molecule has 1 aromatic heterocycles. The summed E-state index contributed by atoms with van der Waals surface area (Å²) in [5.41, 5.74) is 7.12. The highest BCUT2D eigenvalue weighted by Gasteiger charge is 2.17. The number of benzene rings is 1. The van der Waals surface area contributed by atoms with Gasteiger partial charge in [-0.2, -0.15) is 4.98 Å². The Morgan fingerprint density at radius 1 is 1.33 bits per heavy atom. The number of nitrogen functional groups attached to an aromatic ring is 1. The van der Waals surface area contributed by atoms with E-state index in [-0.39, 0.29) is 11.9 Å². The summed E-state index contributed by atoms with van der Waals surface area (Å²) in [6, 6.07) is 6.29. The molecule has 112 valence electrons. The molecular weight excluding hydrogens is 271 g/mol. The topological polar surface area (TPSA) is 64.3 Å². The van der Waals surface area contributed by atoms with Crippen molar-refractivity contribution in [2.45, 2.75) is 26.9 Å². The van der Waals surface area contributed by atoms with E-state index < -0.39 is 0 Å². The molecule has 0 aliphatic carbocycles. The zero-order valence-electron chi connectivity index (χ0n) is 12.4. The lowest BCUT2D eigenvalue weighted by Gasteiger charge is -2.24. The Labute approximate surface area is 123 Å². The van der Waals surface area contributed by atoms with Gasteiger partial charge in [0.1, 0.15) is 17.8 Å². The number of halogens is 1. The number of rotatable bonds is 5. The van der Waals surface area contributed by atoms with Crippen LogP contribution >= 0.6 is 0 Å². The number of hydrogen-bond acceptors (Lipinski definition) is 5. The van der Waals surface area contributed by atoms with Gasteiger partial charge in [-0.25, -0.2) is 9.37 Å². The maximum Gasteiger partial charge on any atom is 0.242 e. The summed E-state index contributed by atoms with van der Waals surface area (Å²) < 4.78 is 19.0. The Balaban J connectivity index is 2.43. The summed E-state index contributed by atoms with van der Waals surface area (Å²) in [6.45, 7) is 6.32. The second-order valence-electron chi connectivity index (χ2n) is 4.81. The average Bonchev–Trinajstić information content (AvgIpc) is 2.43. The van der Waals surface area contributed by atoms with Crippen LogP contribution < -0.4 is 15.4 Å². The standard InChI is InChI=1S/C15H19FN4O/c1-4-20(12-7-5-6-11(16)8-12)14-13(17)15(19-9-18-14)21-10(2)3/h5-10H,4,17H2,1-3H3. The molecule has 1 aromatic carbocycles. The highest BCUT2D eigenvalue weighted by atomic mass is 19.1. The van der Waals surface area contributed by atoms with Gasteiger partial charge in [-0.15, -0.1) is 0 Å². The maximum absolute atomic E-state index is 13.4. The fourth-order valence-corrected chi connectivity index (χ4v) is 2.00. The monoisotopic (exact) mass is 290 g/mol. The van der Waals surface area contributed by atoms with Crippen LogP contribution in [-0.2, 0) is 0 Å². The number of nitrogens with two attached hydrogens (primary N) is 1. The van der Waals surface area contributed by atoms with Crippen LogP contribution in [0.15, 0.2) is 30.6 Å². The number of hydrogen-bond donors (Lipinski definition) is 1. The van der Waals surface area contributed by atoms with Crippen LogP contribution in [0.4, 0.5) is 21.6 Å². The van der Waals surface area contributed by atoms with E-state index in [9.17, 15) is 4.39 Å². The summed E-state index contributed by atoms with van der Waals surface area (Å²) in [7, 11) is 0. The van der Waals surface area contributed by atoms with Crippen molar-refractivity contribution in [2.75, 3.05) is 17.2 Å². The first-order chi connectivity index (χ1) is 10.0. The lowest BCUT2D eigenvalue weighted by atomic mass is 10.2. The Morgan fingerprint density at radius 2 is 2.10 bits per heavy atom. The molecule has 6 heteroatoms. The quantitative estimate of drug-likeness (QED) is 0.916. The van der Waals surface area contributed by atoms with Crippen LogP contribution in [-0.4, -0.2) is 22.6 Å². The maximum atomic E-state index is 13.4. The van der Waals surface area contributed by atoms with Crippen molar-refractivity contribution in [3.05, 3.63) is 36.4 Å². The number of ether oxygens (including phenoxy) is 1. The van der Waals surface area contributed by atoms with Crippen LogP contribution in [0.1, 0.15) is 20.8 Å². The van der Waals surface area contributed by atoms with E-state index in [1.165, 1.54) is 18.5 Å². The van der Waals surface area contributed by atoms with Gasteiger partial charge in [0.05, 0.1) is 6.10 Å². The Bertz CT molecular complexity index is 618. The van der Waals surface area contributed by atoms with Gasteiger partial charge in [0, 0.05) is 12.2 Å². The van der Waals surface area contributed by atoms with Crippen molar-refractivity contribution < 1.29 is 9.13 Å². The van der Waals surface area contributed by atoms with E-state index in [2.05, 4.69) is 9.97 Å². The highest BCUT2D eigenvalue weighted by Crippen LogP contribution is 2.33. The second-order valence-corrected chi connectivity index (χ2v) is 4.81. The predicted molar refractivity (Wildman–Crippen MR) is 81.3 cm³/mol. The van der Waals surface area contributed by atoms with Crippen LogP contribution in [0, 0.1) is 5.82 Å². The molecule has 0 unspecified atom stereocenters. The van der Waals surface area contributed by atoms with Gasteiger partial charge in [0.2, 0.25) is 5.88 Å². The largest absolute Gasteiger partial charge is 0.473 e. The van der Waals surface area contributed by atoms with Crippen molar-refractivity contribution in [1.82, 2.24) is 9.97 Å². The minimum absolute atomic E-state index is 0.0423. The molecule has 2 rings (SSSR count). The fraction of sp³-hybridized carbons (Fsp3) is 0.333. The molecule has 0 bridgehead atoms. The first-order valence-corrected chi connectivity index (χ1v) is 6.83. The summed E-state index contributed by atoms with van der Waals surface area (Å²) in [6.07, 6.45) is 1.35. The molecule has 0 saturated heterocycles. The molecule has 0 fully saturated rings. The van der Waals surface area contributed by atoms with Gasteiger partial charge >= 0.3 is 0 Å². The normalized spacial score (nSPS) is 10.7. The van der Waals surface area contributed by atoms with Crippen molar-refractivity contribution in [3.63, 3.8) is 0 Å². The van der Waals surface area contributed by atoms with Gasteiger partial charge < -0.3 is 15.4 Å². The predicted octanol–water partition coefficient (Wildman–Crippen LogP) is 3.14. The van der Waals surface area contributed by atoms with Gasteiger partial charge in [-0.05, 0) is 39.0 Å². The van der Waals surface area contributed by atoms with Crippen LogP contribution in [0.25, 0.3) is 0 Å². The van der Waals surface area contributed by atoms with E-state index in [4.69, 9.17) is 10.5 Å². The molecule has 2 N–H and O–H groups in total. The molecule has 5 nitrogen and oxygen atoms in total. The SMILES string of the molecule is CCN(c1cccc(F)c1)c1ncnc(OC(C)C)c1N. The summed E-state index contributed by atoms with van der Waals surface area (Å²) in [5.74, 6) is 0.538. The molecule has 21 heavy (non-hydrogen) atoms. The molecule has 0 aliphatic rings. The Kier molecular flexibility index (Phi) is 4.57. The average molecular weight is 290 g/mol. The summed E-state index contributed by atoms with van der Waals surface area (Å²) in [4.78, 5) is 10.1. The van der Waals surface area contributed by atoms with Crippen molar-refractivity contribution in [3.8, 4) is 5.88 Å². The van der Waals surface area contributed by atoms with Gasteiger partial charge in [-0.3, -0.25) is 0 Å². The van der Waals surface area contributed by atoms with Crippen molar-refractivity contribution in [1.29, 1.82) is 0 Å². The van der Waals surface area contributed by atoms with E-state index in [1.54, 1.807) is 12.1 Å². The van der Waals surface area contributed by atoms with Crippen molar-refractivity contribution >= 4 is 17.2 Å². The minimum Gasteiger partial charge on any atom is -0.473 e. The molecule has 1 heterocycles. The minimum atomic E-state index is -0.308. The third-order valence-electron chi connectivity index (χ3n) is 2.87. The van der Waals surface area contributed by atoms with E-state index >= 15 is 0 Å². The van der Waals surface area contributed by atoms with Crippen LogP contribution in [0.3, 0.4) is 0 Å². The van der Waals surface area contributed by atoms with E-state index in [1.807, 2.05) is 25.7 Å². The molecule has 0 saturated carbocycles.